The molecule has 0 fully saturated rings. The summed E-state index contributed by atoms with van der Waals surface area (Å²) in [5.41, 5.74) is 4.00. The van der Waals surface area contributed by atoms with Gasteiger partial charge in [0.05, 0.1) is 0 Å². The van der Waals surface area contributed by atoms with E-state index in [1.807, 2.05) is 55.6 Å². The Morgan fingerprint density at radius 3 is 2.73 bits per heavy atom. The average molecular weight is 482 g/mol. The summed E-state index contributed by atoms with van der Waals surface area (Å²) in [5, 5.41) is 16.7. The molecule has 0 unspecified atom stereocenters. The summed E-state index contributed by atoms with van der Waals surface area (Å²) in [7, 11) is 0. The minimum absolute atomic E-state index is 0.00488. The van der Waals surface area contributed by atoms with Crippen molar-refractivity contribution in [3.8, 4) is 0 Å². The lowest BCUT2D eigenvalue weighted by molar-refractivity contribution is -0.121. The maximum Gasteiger partial charge on any atom is 0.286 e. The van der Waals surface area contributed by atoms with Gasteiger partial charge in [-0.3, -0.25) is 9.59 Å². The number of benzene rings is 2. The zero-order chi connectivity index (χ0) is 23.2. The highest BCUT2D eigenvalue weighted by Crippen LogP contribution is 2.22. The zero-order valence-corrected chi connectivity index (χ0v) is 19.7. The van der Waals surface area contributed by atoms with Crippen molar-refractivity contribution in [3.05, 3.63) is 74.8 Å². The van der Waals surface area contributed by atoms with Gasteiger partial charge in [-0.25, -0.2) is 0 Å². The minimum Gasteiger partial charge on any atom is -0.361 e. The summed E-state index contributed by atoms with van der Waals surface area (Å²) in [6, 6.07) is 13.3. The molecule has 0 bridgehead atoms. The zero-order valence-electron chi connectivity index (χ0n) is 18.2. The van der Waals surface area contributed by atoms with E-state index in [0.29, 0.717) is 35.8 Å². The summed E-state index contributed by atoms with van der Waals surface area (Å²) in [5.74, 6) is -0.284. The Balaban J connectivity index is 1.18. The molecule has 0 aliphatic heterocycles. The number of anilines is 1. The van der Waals surface area contributed by atoms with Crippen molar-refractivity contribution in [2.45, 2.75) is 32.6 Å². The fourth-order valence-corrected chi connectivity index (χ4v) is 4.40. The van der Waals surface area contributed by atoms with E-state index >= 15 is 0 Å². The molecule has 3 N–H and O–H groups in total. The number of H-pyrrole nitrogens is 1. The van der Waals surface area contributed by atoms with Crippen molar-refractivity contribution in [3.63, 3.8) is 0 Å². The number of amides is 2. The average Bonchev–Trinajstić information content (AvgIpc) is 3.43. The normalized spacial score (nSPS) is 11.0. The Kier molecular flexibility index (Phi) is 7.36. The number of carbonyl (C=O) groups is 2. The Morgan fingerprint density at radius 2 is 1.91 bits per heavy atom. The molecule has 0 saturated heterocycles. The molecule has 4 aromatic rings. The Morgan fingerprint density at radius 1 is 1.09 bits per heavy atom. The topological polar surface area (TPSA) is 99.8 Å². The molecule has 4 rings (SSSR count). The first-order chi connectivity index (χ1) is 16.0. The molecule has 0 aliphatic carbocycles. The molecule has 0 atom stereocenters. The maximum atomic E-state index is 12.3. The van der Waals surface area contributed by atoms with Gasteiger partial charge >= 0.3 is 0 Å². The number of halogens is 1. The van der Waals surface area contributed by atoms with Crippen LogP contribution in [0.15, 0.2) is 48.7 Å². The van der Waals surface area contributed by atoms with Gasteiger partial charge in [0.25, 0.3) is 5.91 Å². The molecular weight excluding hydrogens is 458 g/mol. The van der Waals surface area contributed by atoms with Gasteiger partial charge in [0, 0.05) is 47.2 Å². The molecule has 0 spiro atoms. The number of nitrogens with one attached hydrogen (secondary N) is 3. The Labute approximate surface area is 200 Å². The monoisotopic (exact) mass is 481 g/mol. The number of aromatic amines is 1. The quantitative estimate of drug-likeness (QED) is 0.316. The van der Waals surface area contributed by atoms with Crippen molar-refractivity contribution in [1.29, 1.82) is 0 Å². The van der Waals surface area contributed by atoms with Crippen molar-refractivity contribution in [2.24, 2.45) is 0 Å². The van der Waals surface area contributed by atoms with Crippen LogP contribution in [-0.4, -0.2) is 33.5 Å². The van der Waals surface area contributed by atoms with Crippen molar-refractivity contribution in [1.82, 2.24) is 20.5 Å². The lowest BCUT2D eigenvalue weighted by Gasteiger charge is -2.04. The highest BCUT2D eigenvalue weighted by atomic mass is 35.5. The van der Waals surface area contributed by atoms with Gasteiger partial charge in [0.2, 0.25) is 10.9 Å². The SMILES string of the molecule is Cc1ccc(NC(=O)c2nnc(CCCC(=O)NCCc3c[nH]c4ccc(Cl)cc34)s2)cc1. The van der Waals surface area contributed by atoms with Crippen LogP contribution in [0, 0.1) is 6.92 Å². The van der Waals surface area contributed by atoms with Crippen molar-refractivity contribution in [2.75, 3.05) is 11.9 Å². The standard InChI is InChI=1S/C24H24ClN5O2S/c1-15-5-8-18(9-6-15)28-23(32)24-30-29-22(33-24)4-2-3-21(31)26-12-11-16-14-27-20-10-7-17(25)13-19(16)20/h5-10,13-14,27H,2-4,11-12H2,1H3,(H,26,31)(H,28,32). The second-order valence-corrected chi connectivity index (χ2v) is 9.28. The molecule has 0 radical (unpaired) electrons. The summed E-state index contributed by atoms with van der Waals surface area (Å²) in [4.78, 5) is 27.7. The molecule has 9 heteroatoms. The van der Waals surface area contributed by atoms with Crippen LogP contribution in [0.4, 0.5) is 5.69 Å². The van der Waals surface area contributed by atoms with E-state index in [4.69, 9.17) is 11.6 Å². The highest BCUT2D eigenvalue weighted by Gasteiger charge is 2.13. The van der Waals surface area contributed by atoms with Crippen molar-refractivity contribution >= 4 is 51.3 Å². The Hall–Kier alpha value is -3.23. The van der Waals surface area contributed by atoms with Crippen LogP contribution in [0.1, 0.15) is 38.8 Å². The number of carbonyl (C=O) groups excluding carboxylic acids is 2. The number of fused-ring (bicyclic) bond motifs is 1. The number of nitrogens with zero attached hydrogens (tertiary/aromatic N) is 2. The highest BCUT2D eigenvalue weighted by molar-refractivity contribution is 7.13. The molecule has 0 saturated carbocycles. The van der Waals surface area contributed by atoms with E-state index in [-0.39, 0.29) is 11.8 Å². The molecule has 2 aromatic heterocycles. The number of rotatable bonds is 9. The maximum absolute atomic E-state index is 12.3. The van der Waals surface area contributed by atoms with Crippen LogP contribution in [-0.2, 0) is 17.6 Å². The third kappa shape index (κ3) is 6.18. The van der Waals surface area contributed by atoms with E-state index in [2.05, 4.69) is 25.8 Å². The minimum atomic E-state index is -0.279. The van der Waals surface area contributed by atoms with Gasteiger partial charge in [-0.2, -0.15) is 0 Å². The molecule has 170 valence electrons. The first-order valence-electron chi connectivity index (χ1n) is 10.7. The second kappa shape index (κ2) is 10.6. The lowest BCUT2D eigenvalue weighted by atomic mass is 10.1. The largest absolute Gasteiger partial charge is 0.361 e. The van der Waals surface area contributed by atoms with E-state index in [1.165, 1.54) is 11.3 Å². The summed E-state index contributed by atoms with van der Waals surface area (Å²) < 4.78 is 0. The fourth-order valence-electron chi connectivity index (χ4n) is 3.45. The van der Waals surface area contributed by atoms with Gasteiger partial charge in [-0.1, -0.05) is 40.6 Å². The molecule has 7 nitrogen and oxygen atoms in total. The Bertz CT molecular complexity index is 1270. The summed E-state index contributed by atoms with van der Waals surface area (Å²) in [6.07, 6.45) is 4.31. The number of hydrogen-bond acceptors (Lipinski definition) is 5. The van der Waals surface area contributed by atoms with Crippen LogP contribution in [0.25, 0.3) is 10.9 Å². The van der Waals surface area contributed by atoms with Crippen LogP contribution in [0.2, 0.25) is 5.02 Å². The third-order valence-electron chi connectivity index (χ3n) is 5.21. The third-order valence-corrected chi connectivity index (χ3v) is 6.43. The lowest BCUT2D eigenvalue weighted by Crippen LogP contribution is -2.25. The van der Waals surface area contributed by atoms with Gasteiger partial charge in [0.15, 0.2) is 0 Å². The second-order valence-electron chi connectivity index (χ2n) is 7.78. The smallest absolute Gasteiger partial charge is 0.286 e. The van der Waals surface area contributed by atoms with Gasteiger partial charge in [-0.05, 0) is 55.7 Å². The summed E-state index contributed by atoms with van der Waals surface area (Å²) >= 11 is 7.34. The van der Waals surface area contributed by atoms with E-state index in [0.717, 1.165) is 39.1 Å². The first kappa shape index (κ1) is 22.9. The molecule has 33 heavy (non-hydrogen) atoms. The van der Waals surface area contributed by atoms with E-state index in [9.17, 15) is 9.59 Å². The fraction of sp³-hybridized carbons (Fsp3) is 0.250. The van der Waals surface area contributed by atoms with Crippen LogP contribution in [0.3, 0.4) is 0 Å². The predicted molar refractivity (Wildman–Crippen MR) is 132 cm³/mol. The number of hydrogen-bond donors (Lipinski definition) is 3. The van der Waals surface area contributed by atoms with Gasteiger partial charge in [-0.15, -0.1) is 10.2 Å². The van der Waals surface area contributed by atoms with Crippen LogP contribution >= 0.6 is 22.9 Å². The van der Waals surface area contributed by atoms with Crippen LogP contribution < -0.4 is 10.6 Å². The van der Waals surface area contributed by atoms with Crippen molar-refractivity contribution < 1.29 is 9.59 Å². The molecule has 2 amide bonds. The predicted octanol–water partition coefficient (Wildman–Crippen LogP) is 4.92. The molecule has 0 aliphatic rings. The van der Waals surface area contributed by atoms with E-state index < -0.39 is 0 Å². The summed E-state index contributed by atoms with van der Waals surface area (Å²) in [6.45, 7) is 2.55. The van der Waals surface area contributed by atoms with Crippen LogP contribution in [0.5, 0.6) is 0 Å². The first-order valence-corrected chi connectivity index (χ1v) is 11.9. The number of aryl methyl sites for hydroxylation is 2. The molecular formula is C24H24ClN5O2S. The van der Waals surface area contributed by atoms with E-state index in [1.54, 1.807) is 0 Å². The number of aromatic nitrogens is 3. The van der Waals surface area contributed by atoms with Gasteiger partial charge < -0.3 is 15.6 Å². The molecule has 2 aromatic carbocycles. The molecule has 2 heterocycles. The van der Waals surface area contributed by atoms with Gasteiger partial charge in [0.1, 0.15) is 5.01 Å².